The van der Waals surface area contributed by atoms with Crippen molar-refractivity contribution >= 4 is 23.9 Å². The smallest absolute Gasteiger partial charge is 0.314 e. The number of esters is 4. The Hall–Kier alpha value is -3.77. The Morgan fingerprint density at radius 2 is 0.816 bits per heavy atom. The first-order valence-corrected chi connectivity index (χ1v) is 34.6. The molecule has 1 aromatic heterocycles. The predicted octanol–water partition coefficient (Wildman–Crippen LogP) is 16.7. The molecule has 8 fully saturated rings. The highest BCUT2D eigenvalue weighted by Gasteiger charge is 2.66. The van der Waals surface area contributed by atoms with Crippen LogP contribution in [0.15, 0.2) is 44.8 Å². The number of carbonyl (C=O) groups excluding carboxylic acids is 4. The lowest BCUT2D eigenvalue weighted by molar-refractivity contribution is -0.178. The van der Waals surface area contributed by atoms with E-state index in [2.05, 4.69) is 109 Å². The van der Waals surface area contributed by atoms with Gasteiger partial charge in [0.05, 0.1) is 44.0 Å². The van der Waals surface area contributed by atoms with Gasteiger partial charge in [-0.25, -0.2) is 0 Å². The summed E-state index contributed by atoms with van der Waals surface area (Å²) in [6.45, 7) is 34.5. The van der Waals surface area contributed by atoms with E-state index in [1.807, 2.05) is 14.2 Å². The van der Waals surface area contributed by atoms with E-state index < -0.39 is 35.1 Å². The molecular formula is C75H112O12. The third-order valence-electron chi connectivity index (χ3n) is 29.0. The highest BCUT2D eigenvalue weighted by molar-refractivity contribution is 5.80. The van der Waals surface area contributed by atoms with Crippen molar-refractivity contribution in [3.05, 3.63) is 45.9 Å². The first-order valence-electron chi connectivity index (χ1n) is 34.6. The van der Waals surface area contributed by atoms with Crippen LogP contribution in [0, 0.1) is 101 Å². The van der Waals surface area contributed by atoms with Gasteiger partial charge in [0.25, 0.3) is 5.95 Å². The zero-order valence-electron chi connectivity index (χ0n) is 56.6. The fraction of sp³-hybridized carbons (Fsp3) is 0.827. The molecule has 8 saturated carbocycles. The van der Waals surface area contributed by atoms with Crippen LogP contribution in [0.25, 0.3) is 0 Å². The van der Waals surface area contributed by atoms with Crippen molar-refractivity contribution in [1.82, 2.24) is 0 Å². The van der Waals surface area contributed by atoms with E-state index in [1.165, 1.54) is 77.0 Å². The minimum Gasteiger partial charge on any atom is -0.462 e. The van der Waals surface area contributed by atoms with Crippen LogP contribution in [0.1, 0.15) is 251 Å². The Balaban J connectivity index is 0.628. The van der Waals surface area contributed by atoms with Gasteiger partial charge in [-0.05, 0) is 219 Å². The summed E-state index contributed by atoms with van der Waals surface area (Å²) in [7, 11) is 3.81. The normalized spacial score (nSPS) is 42.9. The number of hydrogen-bond donors (Lipinski definition) is 0. The molecule has 10 aliphatic rings. The number of hydrogen-bond acceptors (Lipinski definition) is 12. The van der Waals surface area contributed by atoms with Crippen molar-refractivity contribution in [2.24, 2.45) is 101 Å². The van der Waals surface area contributed by atoms with E-state index in [0.29, 0.717) is 70.4 Å². The lowest BCUT2D eigenvalue weighted by Gasteiger charge is -2.64. The van der Waals surface area contributed by atoms with E-state index in [-0.39, 0.29) is 87.2 Å². The molecule has 0 N–H and O–H groups in total. The predicted molar refractivity (Wildman–Crippen MR) is 336 cm³/mol. The number of ether oxygens (including phenoxy) is 6. The molecule has 87 heavy (non-hydrogen) atoms. The molecule has 0 aliphatic heterocycles. The molecule has 0 spiro atoms. The summed E-state index contributed by atoms with van der Waals surface area (Å²) in [5.41, 5.74) is 3.71. The highest BCUT2D eigenvalue weighted by Crippen LogP contribution is 2.73. The third-order valence-corrected chi connectivity index (χ3v) is 29.0. The van der Waals surface area contributed by atoms with Gasteiger partial charge in [-0.2, -0.15) is 0 Å². The molecule has 18 atom stereocenters. The van der Waals surface area contributed by atoms with Crippen molar-refractivity contribution in [2.45, 2.75) is 275 Å². The standard InChI is InChI=1S/C75H112O12/c1-66(2)53-29-35-70(9)42-45-17-21-51-68(5,6)59(33-37-72(51,11)47(45)19-23-55(70)74(53,13)39-31-57(66)81-15)85-62(78)26-25-61(77)84-50-44-83-65(41-49(50)76)87-64(80)28-27-63(79)86-60-34-38-73(12)48-20-24-56-71(10,43-46(48)18-22-52(73)69(60,7)8)36-30-54-67(3,4)58(82-16)32-40-75(54,56)14/h17-18,41,44,47-48,51-60H,19-40,42-43H2,1-16H3/t47-,48-,51-,52-,53-,54-,55-,56-,57+,58+,59+,60+,70-,71-,72+,73+,74-,75-/m0/s1. The number of rotatable bonds is 12. The van der Waals surface area contributed by atoms with Crippen LogP contribution in [0.4, 0.5) is 0 Å². The summed E-state index contributed by atoms with van der Waals surface area (Å²) < 4.78 is 40.9. The minimum atomic E-state index is -0.787. The molecule has 0 amide bonds. The molecule has 1 heterocycles. The van der Waals surface area contributed by atoms with E-state index in [4.69, 9.17) is 32.8 Å². The monoisotopic (exact) mass is 1200 g/mol. The van der Waals surface area contributed by atoms with Gasteiger partial charge in [-0.3, -0.25) is 24.0 Å². The second kappa shape index (κ2) is 22.8. The second-order valence-corrected chi connectivity index (χ2v) is 34.6. The molecule has 11 rings (SSSR count). The van der Waals surface area contributed by atoms with Crippen molar-refractivity contribution < 1.29 is 52.0 Å². The zero-order valence-corrected chi connectivity index (χ0v) is 56.6. The summed E-state index contributed by atoms with van der Waals surface area (Å²) in [6.07, 6.45) is 27.8. The Labute approximate surface area is 522 Å². The van der Waals surface area contributed by atoms with Gasteiger partial charge in [0.2, 0.25) is 11.2 Å². The minimum absolute atomic E-state index is 0.0922. The van der Waals surface area contributed by atoms with Crippen LogP contribution in [0.5, 0.6) is 11.7 Å². The van der Waals surface area contributed by atoms with Crippen LogP contribution in [0.3, 0.4) is 0 Å². The highest BCUT2D eigenvalue weighted by atomic mass is 16.6. The molecule has 0 radical (unpaired) electrons. The fourth-order valence-electron chi connectivity index (χ4n) is 24.8. The first kappa shape index (κ1) is 64.7. The number of allylic oxidation sites excluding steroid dienone is 4. The molecule has 12 heteroatoms. The maximum atomic E-state index is 13.5. The fourth-order valence-corrected chi connectivity index (χ4v) is 24.8. The van der Waals surface area contributed by atoms with Gasteiger partial charge in [-0.1, -0.05) is 120 Å². The molecule has 0 bridgehead atoms. The van der Waals surface area contributed by atoms with Crippen molar-refractivity contribution in [3.8, 4) is 11.7 Å². The summed E-state index contributed by atoms with van der Waals surface area (Å²) in [6, 6.07) is 0.931. The lowest BCUT2D eigenvalue weighted by Crippen LogP contribution is -2.58. The SMILES string of the molecule is CO[C@@H]1CC[C@@]2(C)[C@@H](CC[C@@]3(C)CC4=CC[C@H]5C(C)(C)[C@H](OC(=O)CCC(=O)Oc6cc(=O)c(OC(=O)CCC(=O)O[C@@H]7CC[C@]8(C)[C@H]9CC[C@H]%10[C@@](C)(CC[C@H]%11C(C)(C)[C@H](OC)CC[C@@]%11%10C)CC9=CC[C@H]8C7(C)C)co6)CC[C@]5(C)[C@H]4CC[C@@H]32)C1(C)C. The maximum absolute atomic E-state index is 13.5. The summed E-state index contributed by atoms with van der Waals surface area (Å²) in [4.78, 5) is 66.3. The van der Waals surface area contributed by atoms with Crippen LogP contribution in [-0.4, -0.2) is 62.5 Å². The van der Waals surface area contributed by atoms with Crippen molar-refractivity contribution in [1.29, 1.82) is 0 Å². The topological polar surface area (TPSA) is 154 Å². The molecule has 0 unspecified atom stereocenters. The lowest BCUT2D eigenvalue weighted by atomic mass is 9.42. The molecule has 0 aromatic carbocycles. The molecule has 484 valence electrons. The average molecular weight is 1210 g/mol. The summed E-state index contributed by atoms with van der Waals surface area (Å²) in [5.74, 6) is 1.09. The summed E-state index contributed by atoms with van der Waals surface area (Å²) >= 11 is 0. The Morgan fingerprint density at radius 3 is 1.23 bits per heavy atom. The van der Waals surface area contributed by atoms with Gasteiger partial charge in [0, 0.05) is 25.0 Å². The quantitative estimate of drug-likeness (QED) is 0.145. The van der Waals surface area contributed by atoms with Crippen molar-refractivity contribution in [3.63, 3.8) is 0 Å². The molecule has 0 saturated heterocycles. The number of methoxy groups -OCH3 is 2. The van der Waals surface area contributed by atoms with Gasteiger partial charge < -0.3 is 32.8 Å². The average Bonchev–Trinajstić information content (AvgIpc) is 1.69. The van der Waals surface area contributed by atoms with Crippen LogP contribution in [0.2, 0.25) is 0 Å². The number of fused-ring (bicyclic) bond motifs is 12. The Morgan fingerprint density at radius 1 is 0.437 bits per heavy atom. The van der Waals surface area contributed by atoms with Gasteiger partial charge in [0.1, 0.15) is 18.5 Å². The van der Waals surface area contributed by atoms with E-state index in [9.17, 15) is 24.0 Å². The van der Waals surface area contributed by atoms with E-state index in [0.717, 1.165) is 63.7 Å². The van der Waals surface area contributed by atoms with Crippen molar-refractivity contribution in [2.75, 3.05) is 14.2 Å². The van der Waals surface area contributed by atoms with Gasteiger partial charge >= 0.3 is 23.9 Å². The van der Waals surface area contributed by atoms with Crippen LogP contribution in [-0.2, 0) is 38.1 Å². The van der Waals surface area contributed by atoms with Crippen LogP contribution >= 0.6 is 0 Å². The Kier molecular flexibility index (Phi) is 17.0. The first-order chi connectivity index (χ1) is 40.7. The third kappa shape index (κ3) is 10.8. The maximum Gasteiger partial charge on any atom is 0.314 e. The zero-order chi connectivity index (χ0) is 62.9. The second-order valence-electron chi connectivity index (χ2n) is 34.6. The molecule has 1 aromatic rings. The Bertz CT molecular complexity index is 2940. The van der Waals surface area contributed by atoms with E-state index >= 15 is 0 Å². The molecule has 10 aliphatic carbocycles. The molecular weight excluding hydrogens is 1090 g/mol. The van der Waals surface area contributed by atoms with Crippen LogP contribution < -0.4 is 14.9 Å². The van der Waals surface area contributed by atoms with Gasteiger partial charge in [-0.15, -0.1) is 0 Å². The largest absolute Gasteiger partial charge is 0.462 e. The number of carbonyl (C=O) groups is 4. The molecule has 12 nitrogen and oxygen atoms in total. The van der Waals surface area contributed by atoms with Gasteiger partial charge in [0.15, 0.2) is 0 Å². The summed E-state index contributed by atoms with van der Waals surface area (Å²) in [5, 5.41) is 0. The van der Waals surface area contributed by atoms with E-state index in [1.54, 1.807) is 11.1 Å².